The predicted molar refractivity (Wildman–Crippen MR) is 78.4 cm³/mol. The van der Waals surface area contributed by atoms with E-state index in [1.807, 2.05) is 13.0 Å². The SMILES string of the molecule is COc1cc(C)c(C)cc1C1CC(C)NCC1C(=O)O. The second kappa shape index (κ2) is 5.83. The van der Waals surface area contributed by atoms with Gasteiger partial charge in [-0.2, -0.15) is 0 Å². The van der Waals surface area contributed by atoms with Gasteiger partial charge in [-0.05, 0) is 49.9 Å². The number of aliphatic carboxylic acids is 1. The average molecular weight is 277 g/mol. The fourth-order valence-electron chi connectivity index (χ4n) is 2.98. The molecule has 2 rings (SSSR count). The van der Waals surface area contributed by atoms with Crippen LogP contribution in [0, 0.1) is 19.8 Å². The zero-order chi connectivity index (χ0) is 14.9. The maximum atomic E-state index is 11.5. The second-order valence-corrected chi connectivity index (χ2v) is 5.77. The van der Waals surface area contributed by atoms with Crippen LogP contribution in [0.5, 0.6) is 5.75 Å². The van der Waals surface area contributed by atoms with Crippen molar-refractivity contribution in [1.29, 1.82) is 0 Å². The van der Waals surface area contributed by atoms with Crippen molar-refractivity contribution in [3.63, 3.8) is 0 Å². The third kappa shape index (κ3) is 2.80. The van der Waals surface area contributed by atoms with Crippen LogP contribution in [0.1, 0.15) is 36.0 Å². The number of ether oxygens (including phenoxy) is 1. The smallest absolute Gasteiger partial charge is 0.308 e. The highest BCUT2D eigenvalue weighted by atomic mass is 16.5. The molecule has 1 heterocycles. The van der Waals surface area contributed by atoms with E-state index in [0.29, 0.717) is 12.6 Å². The minimum Gasteiger partial charge on any atom is -0.496 e. The van der Waals surface area contributed by atoms with Gasteiger partial charge in [-0.3, -0.25) is 4.79 Å². The van der Waals surface area contributed by atoms with E-state index in [0.717, 1.165) is 17.7 Å². The van der Waals surface area contributed by atoms with E-state index in [1.165, 1.54) is 11.1 Å². The standard InChI is InChI=1S/C16H23NO3/c1-9-5-13(15(20-4)6-10(9)2)12-7-11(3)17-8-14(12)16(18)19/h5-6,11-12,14,17H,7-8H2,1-4H3,(H,18,19). The van der Waals surface area contributed by atoms with Gasteiger partial charge < -0.3 is 15.2 Å². The minimum absolute atomic E-state index is 0.00185. The highest BCUT2D eigenvalue weighted by Crippen LogP contribution is 2.39. The maximum absolute atomic E-state index is 11.5. The third-order valence-electron chi connectivity index (χ3n) is 4.34. The Labute approximate surface area is 120 Å². The monoisotopic (exact) mass is 277 g/mol. The lowest BCUT2D eigenvalue weighted by molar-refractivity contribution is -0.143. The van der Waals surface area contributed by atoms with Gasteiger partial charge in [-0.1, -0.05) is 6.07 Å². The number of carboxylic acids is 1. The zero-order valence-corrected chi connectivity index (χ0v) is 12.6. The summed E-state index contributed by atoms with van der Waals surface area (Å²) < 4.78 is 5.48. The van der Waals surface area contributed by atoms with Crippen molar-refractivity contribution in [3.05, 3.63) is 28.8 Å². The zero-order valence-electron chi connectivity index (χ0n) is 12.6. The van der Waals surface area contributed by atoms with Crippen LogP contribution < -0.4 is 10.1 Å². The molecule has 0 aromatic heterocycles. The van der Waals surface area contributed by atoms with Gasteiger partial charge in [0.1, 0.15) is 5.75 Å². The molecule has 1 aliphatic rings. The molecular weight excluding hydrogens is 254 g/mol. The van der Waals surface area contributed by atoms with Crippen molar-refractivity contribution in [2.45, 2.75) is 39.2 Å². The van der Waals surface area contributed by atoms with Crippen LogP contribution in [-0.4, -0.2) is 30.8 Å². The summed E-state index contributed by atoms with van der Waals surface area (Å²) in [5.74, 6) is -0.340. The summed E-state index contributed by atoms with van der Waals surface area (Å²) >= 11 is 0. The third-order valence-corrected chi connectivity index (χ3v) is 4.34. The molecule has 2 N–H and O–H groups in total. The molecule has 3 unspecified atom stereocenters. The topological polar surface area (TPSA) is 58.6 Å². The van der Waals surface area contributed by atoms with Crippen LogP contribution >= 0.6 is 0 Å². The van der Waals surface area contributed by atoms with E-state index >= 15 is 0 Å². The van der Waals surface area contributed by atoms with Crippen molar-refractivity contribution in [2.24, 2.45) is 5.92 Å². The van der Waals surface area contributed by atoms with Crippen LogP contribution in [0.3, 0.4) is 0 Å². The van der Waals surface area contributed by atoms with Crippen LogP contribution in [0.15, 0.2) is 12.1 Å². The highest BCUT2D eigenvalue weighted by Gasteiger charge is 2.36. The van der Waals surface area contributed by atoms with E-state index in [-0.39, 0.29) is 5.92 Å². The van der Waals surface area contributed by atoms with Gasteiger partial charge in [0.15, 0.2) is 0 Å². The van der Waals surface area contributed by atoms with E-state index < -0.39 is 11.9 Å². The summed E-state index contributed by atoms with van der Waals surface area (Å²) in [7, 11) is 1.65. The highest BCUT2D eigenvalue weighted by molar-refractivity contribution is 5.72. The first-order chi connectivity index (χ1) is 9.43. The molecule has 0 radical (unpaired) electrons. The van der Waals surface area contributed by atoms with Gasteiger partial charge in [-0.25, -0.2) is 0 Å². The van der Waals surface area contributed by atoms with Gasteiger partial charge >= 0.3 is 5.97 Å². The number of carbonyl (C=O) groups is 1. The number of hydrogen-bond acceptors (Lipinski definition) is 3. The molecular formula is C16H23NO3. The Bertz CT molecular complexity index is 513. The molecule has 1 aliphatic heterocycles. The lowest BCUT2D eigenvalue weighted by Gasteiger charge is -2.34. The van der Waals surface area contributed by atoms with Gasteiger partial charge in [0.25, 0.3) is 0 Å². The number of hydrogen-bond donors (Lipinski definition) is 2. The molecule has 0 spiro atoms. The molecule has 1 saturated heterocycles. The molecule has 4 heteroatoms. The largest absolute Gasteiger partial charge is 0.496 e. The second-order valence-electron chi connectivity index (χ2n) is 5.77. The van der Waals surface area contributed by atoms with Gasteiger partial charge in [0.2, 0.25) is 0 Å². The summed E-state index contributed by atoms with van der Waals surface area (Å²) in [5.41, 5.74) is 3.37. The number of carboxylic acid groups (broad SMARTS) is 1. The Morgan fingerprint density at radius 1 is 1.35 bits per heavy atom. The number of rotatable bonds is 3. The lowest BCUT2D eigenvalue weighted by Crippen LogP contribution is -2.44. The molecule has 1 aromatic carbocycles. The number of methoxy groups -OCH3 is 1. The van der Waals surface area contributed by atoms with E-state index in [2.05, 4.69) is 25.2 Å². The molecule has 4 nitrogen and oxygen atoms in total. The van der Waals surface area contributed by atoms with Crippen LogP contribution in [0.4, 0.5) is 0 Å². The van der Waals surface area contributed by atoms with Crippen molar-refractivity contribution in [2.75, 3.05) is 13.7 Å². The molecule has 110 valence electrons. The van der Waals surface area contributed by atoms with Crippen LogP contribution in [-0.2, 0) is 4.79 Å². The first-order valence-electron chi connectivity index (χ1n) is 7.05. The molecule has 1 aromatic rings. The van der Waals surface area contributed by atoms with Crippen molar-refractivity contribution in [3.8, 4) is 5.75 Å². The number of nitrogens with one attached hydrogen (secondary N) is 1. The molecule has 0 amide bonds. The van der Waals surface area contributed by atoms with E-state index in [4.69, 9.17) is 4.74 Å². The Morgan fingerprint density at radius 2 is 2.00 bits per heavy atom. The van der Waals surface area contributed by atoms with E-state index in [1.54, 1.807) is 7.11 Å². The quantitative estimate of drug-likeness (QED) is 0.891. The predicted octanol–water partition coefficient (Wildman–Crippen LogP) is 2.48. The molecule has 3 atom stereocenters. The van der Waals surface area contributed by atoms with Crippen molar-refractivity contribution in [1.82, 2.24) is 5.32 Å². The Balaban J connectivity index is 2.45. The number of piperidine rings is 1. The minimum atomic E-state index is -0.741. The van der Waals surface area contributed by atoms with Gasteiger partial charge in [-0.15, -0.1) is 0 Å². The lowest BCUT2D eigenvalue weighted by atomic mass is 9.77. The summed E-state index contributed by atoms with van der Waals surface area (Å²) in [6.45, 7) is 6.70. The summed E-state index contributed by atoms with van der Waals surface area (Å²) in [5, 5.41) is 12.7. The Morgan fingerprint density at radius 3 is 2.60 bits per heavy atom. The molecule has 0 bridgehead atoms. The summed E-state index contributed by atoms with van der Waals surface area (Å²) in [6, 6.07) is 4.42. The van der Waals surface area contributed by atoms with Gasteiger partial charge in [0.05, 0.1) is 13.0 Å². The average Bonchev–Trinajstić information content (AvgIpc) is 2.40. The normalized spacial score (nSPS) is 26.3. The first kappa shape index (κ1) is 14.9. The first-order valence-corrected chi connectivity index (χ1v) is 7.05. The maximum Gasteiger partial charge on any atom is 0.308 e. The Kier molecular flexibility index (Phi) is 4.33. The molecule has 0 saturated carbocycles. The fraction of sp³-hybridized carbons (Fsp3) is 0.562. The fourth-order valence-corrected chi connectivity index (χ4v) is 2.98. The van der Waals surface area contributed by atoms with Gasteiger partial charge in [0, 0.05) is 18.5 Å². The van der Waals surface area contributed by atoms with E-state index in [9.17, 15) is 9.90 Å². The van der Waals surface area contributed by atoms with Crippen molar-refractivity contribution < 1.29 is 14.6 Å². The van der Waals surface area contributed by atoms with Crippen molar-refractivity contribution >= 4 is 5.97 Å². The molecule has 20 heavy (non-hydrogen) atoms. The number of benzene rings is 1. The summed E-state index contributed by atoms with van der Waals surface area (Å²) in [4.78, 5) is 11.5. The van der Waals surface area contributed by atoms with Crippen LogP contribution in [0.2, 0.25) is 0 Å². The summed E-state index contributed by atoms with van der Waals surface area (Å²) in [6.07, 6.45) is 0.815. The Hall–Kier alpha value is -1.55. The molecule has 0 aliphatic carbocycles. The number of aryl methyl sites for hydroxylation is 2. The van der Waals surface area contributed by atoms with Crippen LogP contribution in [0.25, 0.3) is 0 Å². The molecule has 1 fully saturated rings.